The van der Waals surface area contributed by atoms with Gasteiger partial charge in [0.15, 0.2) is 0 Å². The average molecular weight is 693 g/mol. The zero-order chi connectivity index (χ0) is 26.8. The van der Waals surface area contributed by atoms with Crippen molar-refractivity contribution in [2.24, 2.45) is 22.7 Å². The van der Waals surface area contributed by atoms with Crippen LogP contribution in [0.2, 0.25) is 0 Å². The minimum atomic E-state index is -0.364. The first-order valence-electron chi connectivity index (χ1n) is 14.2. The summed E-state index contributed by atoms with van der Waals surface area (Å²) in [4.78, 5) is 4.55. The number of fused-ring (bicyclic) bond motifs is 2. The number of hydrogen-bond donors (Lipinski definition) is 2. The van der Waals surface area contributed by atoms with Crippen molar-refractivity contribution in [3.8, 4) is 11.3 Å². The van der Waals surface area contributed by atoms with E-state index in [1.807, 2.05) is 24.4 Å². The predicted molar refractivity (Wildman–Crippen MR) is 154 cm³/mol. The standard InChI is InChI=1S/C18H16N.C16H30O2.Ir/c1-13(2)16-9-8-14-10-11-19-18(17(14)12-16)15-6-4-3-5-7-15;1-15(2)9-5-7-11-8-6-10-16(3,4)14(18)12(11)13(15)17;/h3-6,8-13H,1-2H3;11-14,17-18H,5-10H2,1-4H3;/q-1;;. The smallest absolute Gasteiger partial charge is 0.0646 e. The predicted octanol–water partition coefficient (Wildman–Crippen LogP) is 8.18. The van der Waals surface area contributed by atoms with Crippen LogP contribution in [-0.2, 0) is 20.1 Å². The summed E-state index contributed by atoms with van der Waals surface area (Å²) < 4.78 is 0. The van der Waals surface area contributed by atoms with Crippen LogP contribution >= 0.6 is 0 Å². The third-order valence-corrected chi connectivity index (χ3v) is 9.09. The van der Waals surface area contributed by atoms with Gasteiger partial charge in [0.1, 0.15) is 0 Å². The normalized spacial score (nSPS) is 26.2. The molecule has 2 saturated carbocycles. The largest absolute Gasteiger partial charge is 0.392 e. The molecule has 1 aromatic heterocycles. The van der Waals surface area contributed by atoms with Crippen LogP contribution in [0.15, 0.2) is 54.7 Å². The Morgan fingerprint density at radius 3 is 2.08 bits per heavy atom. The van der Waals surface area contributed by atoms with Crippen LogP contribution in [-0.4, -0.2) is 27.4 Å². The van der Waals surface area contributed by atoms with Crippen molar-refractivity contribution in [3.63, 3.8) is 0 Å². The van der Waals surface area contributed by atoms with E-state index in [4.69, 9.17) is 0 Å². The summed E-state index contributed by atoms with van der Waals surface area (Å²) in [6.07, 6.45) is 8.04. The minimum absolute atomic E-state index is 0. The molecule has 2 fully saturated rings. The van der Waals surface area contributed by atoms with Crippen LogP contribution in [0.3, 0.4) is 0 Å². The van der Waals surface area contributed by atoms with Crippen molar-refractivity contribution < 1.29 is 30.3 Å². The number of aromatic nitrogens is 1. The maximum atomic E-state index is 10.8. The van der Waals surface area contributed by atoms with E-state index in [9.17, 15) is 10.2 Å². The summed E-state index contributed by atoms with van der Waals surface area (Å²) in [5.74, 6) is 1.11. The van der Waals surface area contributed by atoms with Crippen LogP contribution in [0.4, 0.5) is 0 Å². The third-order valence-electron chi connectivity index (χ3n) is 9.09. The third kappa shape index (κ3) is 6.76. The number of pyridine rings is 1. The molecular formula is C34H46IrNO2-. The van der Waals surface area contributed by atoms with Gasteiger partial charge in [-0.2, -0.15) is 0 Å². The number of benzene rings is 2. The molecule has 0 amide bonds. The molecule has 3 nitrogen and oxygen atoms in total. The summed E-state index contributed by atoms with van der Waals surface area (Å²) in [5, 5.41) is 24.0. The Morgan fingerprint density at radius 1 is 0.895 bits per heavy atom. The van der Waals surface area contributed by atoms with E-state index < -0.39 is 0 Å². The molecule has 38 heavy (non-hydrogen) atoms. The molecule has 2 aromatic carbocycles. The molecule has 0 aliphatic heterocycles. The topological polar surface area (TPSA) is 53.4 Å². The summed E-state index contributed by atoms with van der Waals surface area (Å²) in [5.41, 5.74) is 3.30. The molecule has 2 atom stereocenters. The molecule has 2 aliphatic carbocycles. The fourth-order valence-electron chi connectivity index (χ4n) is 6.50. The van der Waals surface area contributed by atoms with E-state index in [2.05, 4.69) is 82.9 Å². The summed E-state index contributed by atoms with van der Waals surface area (Å²) in [6.45, 7) is 13.1. The van der Waals surface area contributed by atoms with Gasteiger partial charge in [-0.1, -0.05) is 72.6 Å². The molecule has 5 rings (SSSR count). The van der Waals surface area contributed by atoms with Gasteiger partial charge in [-0.05, 0) is 76.4 Å². The SMILES string of the molecule is CC(C)c1ccc2ccnc(-c3[c-]cccc3)c2c1.CC1(C)CCCC2CCCC(C)(C)C(O)C2C1O.[Ir]. The van der Waals surface area contributed by atoms with Crippen molar-refractivity contribution in [2.75, 3.05) is 0 Å². The van der Waals surface area contributed by atoms with Crippen LogP contribution in [0, 0.1) is 28.7 Å². The Bertz CT molecular complexity index is 1150. The fraction of sp³-hybridized carbons (Fsp3) is 0.559. The molecule has 0 spiro atoms. The molecule has 2 N–H and O–H groups in total. The van der Waals surface area contributed by atoms with Crippen LogP contribution in [0.5, 0.6) is 0 Å². The first kappa shape index (κ1) is 31.0. The number of aliphatic hydroxyl groups excluding tert-OH is 2. The second kappa shape index (κ2) is 12.7. The molecule has 0 saturated heterocycles. The van der Waals surface area contributed by atoms with Gasteiger partial charge in [0, 0.05) is 32.2 Å². The molecule has 1 radical (unpaired) electrons. The molecule has 1 heterocycles. The fourth-order valence-corrected chi connectivity index (χ4v) is 6.50. The molecule has 209 valence electrons. The quantitative estimate of drug-likeness (QED) is 0.267. The molecular weight excluding hydrogens is 647 g/mol. The average Bonchev–Trinajstić information content (AvgIpc) is 3.06. The van der Waals surface area contributed by atoms with Crippen LogP contribution in [0.1, 0.15) is 91.5 Å². The van der Waals surface area contributed by atoms with Crippen molar-refractivity contribution >= 4 is 10.8 Å². The zero-order valence-corrected chi connectivity index (χ0v) is 26.4. The number of nitrogens with zero attached hydrogens (tertiary/aromatic N) is 1. The van der Waals surface area contributed by atoms with Gasteiger partial charge in [-0.15, -0.1) is 35.9 Å². The maximum Gasteiger partial charge on any atom is 0.0646 e. The summed E-state index contributed by atoms with van der Waals surface area (Å²) in [6, 6.07) is 20.0. The number of aliphatic hydroxyl groups is 2. The first-order valence-corrected chi connectivity index (χ1v) is 14.2. The molecule has 3 aromatic rings. The second-order valence-electron chi connectivity index (χ2n) is 13.1. The molecule has 0 bridgehead atoms. The van der Waals surface area contributed by atoms with Crippen molar-refractivity contribution in [2.45, 2.75) is 98.2 Å². The van der Waals surface area contributed by atoms with E-state index in [1.165, 1.54) is 42.0 Å². The monoisotopic (exact) mass is 693 g/mol. The van der Waals surface area contributed by atoms with Crippen LogP contribution < -0.4 is 0 Å². The Balaban J connectivity index is 0.000000206. The minimum Gasteiger partial charge on any atom is -0.392 e. The summed E-state index contributed by atoms with van der Waals surface area (Å²) in [7, 11) is 0. The van der Waals surface area contributed by atoms with E-state index in [0.717, 1.165) is 24.1 Å². The molecule has 2 unspecified atom stereocenters. The van der Waals surface area contributed by atoms with Gasteiger partial charge >= 0.3 is 0 Å². The Morgan fingerprint density at radius 2 is 1.53 bits per heavy atom. The van der Waals surface area contributed by atoms with E-state index in [1.54, 1.807) is 0 Å². The van der Waals surface area contributed by atoms with Gasteiger partial charge in [0.05, 0.1) is 12.2 Å². The molecule has 2 aliphatic rings. The maximum absolute atomic E-state index is 10.8. The van der Waals surface area contributed by atoms with Crippen molar-refractivity contribution in [1.29, 1.82) is 0 Å². The van der Waals surface area contributed by atoms with Gasteiger partial charge in [-0.25, -0.2) is 0 Å². The van der Waals surface area contributed by atoms with E-state index in [-0.39, 0.29) is 49.1 Å². The number of hydrogen-bond acceptors (Lipinski definition) is 3. The van der Waals surface area contributed by atoms with Crippen LogP contribution in [0.25, 0.3) is 22.0 Å². The summed E-state index contributed by atoms with van der Waals surface area (Å²) >= 11 is 0. The van der Waals surface area contributed by atoms with Crippen molar-refractivity contribution in [1.82, 2.24) is 4.98 Å². The molecule has 4 heteroatoms. The van der Waals surface area contributed by atoms with Gasteiger partial charge in [-0.3, -0.25) is 0 Å². The van der Waals surface area contributed by atoms with Gasteiger partial charge < -0.3 is 15.2 Å². The number of rotatable bonds is 2. The van der Waals surface area contributed by atoms with E-state index >= 15 is 0 Å². The van der Waals surface area contributed by atoms with Gasteiger partial charge in [0.2, 0.25) is 0 Å². The first-order chi connectivity index (χ1) is 17.5. The Hall–Kier alpha value is -1.58. The Kier molecular flexibility index (Phi) is 10.4. The zero-order valence-electron chi connectivity index (χ0n) is 24.0. The van der Waals surface area contributed by atoms with E-state index in [0.29, 0.717) is 11.8 Å². The second-order valence-corrected chi connectivity index (χ2v) is 13.1. The van der Waals surface area contributed by atoms with Gasteiger partial charge in [0.25, 0.3) is 0 Å². The van der Waals surface area contributed by atoms with Crippen molar-refractivity contribution in [3.05, 3.63) is 66.4 Å². The Labute approximate surface area is 243 Å².